The highest BCUT2D eigenvalue weighted by Gasteiger charge is 2.25. The summed E-state index contributed by atoms with van der Waals surface area (Å²) >= 11 is 0. The molecule has 2 N–H and O–H groups in total. The molecular formula is C22H24N6O. The van der Waals surface area contributed by atoms with Crippen LogP contribution in [-0.2, 0) is 6.42 Å². The molecule has 2 amide bonds. The van der Waals surface area contributed by atoms with Gasteiger partial charge in [-0.05, 0) is 36.6 Å². The van der Waals surface area contributed by atoms with Gasteiger partial charge in [0.15, 0.2) is 0 Å². The first-order valence-corrected chi connectivity index (χ1v) is 9.84. The fourth-order valence-electron chi connectivity index (χ4n) is 3.44. The van der Waals surface area contributed by atoms with Crippen molar-refractivity contribution in [1.82, 2.24) is 25.6 Å². The maximum absolute atomic E-state index is 12.2. The van der Waals surface area contributed by atoms with Crippen molar-refractivity contribution in [1.29, 1.82) is 0 Å². The second-order valence-electron chi connectivity index (χ2n) is 7.05. The Morgan fingerprint density at radius 2 is 2.00 bits per heavy atom. The van der Waals surface area contributed by atoms with E-state index in [9.17, 15) is 4.79 Å². The molecule has 0 bridgehead atoms. The molecule has 1 aliphatic rings. The van der Waals surface area contributed by atoms with E-state index >= 15 is 0 Å². The van der Waals surface area contributed by atoms with Crippen LogP contribution in [0, 0.1) is 0 Å². The van der Waals surface area contributed by atoms with Gasteiger partial charge in [-0.2, -0.15) is 0 Å². The SMILES string of the molecule is O=C(NCCc1ccccc1)NC1CCN(c2nccc(-c3cccnc3)n2)C1. The summed E-state index contributed by atoms with van der Waals surface area (Å²) in [7, 11) is 0. The number of amides is 2. The summed E-state index contributed by atoms with van der Waals surface area (Å²) in [6.07, 6.45) is 6.99. The number of aromatic nitrogens is 3. The van der Waals surface area contributed by atoms with Crippen molar-refractivity contribution < 1.29 is 4.79 Å². The zero-order valence-corrected chi connectivity index (χ0v) is 16.2. The molecule has 4 rings (SSSR count). The molecule has 1 aliphatic heterocycles. The Hall–Kier alpha value is -3.48. The van der Waals surface area contributed by atoms with E-state index in [1.54, 1.807) is 18.6 Å². The lowest BCUT2D eigenvalue weighted by molar-refractivity contribution is 0.238. The predicted octanol–water partition coefficient (Wildman–Crippen LogP) is 2.66. The zero-order chi connectivity index (χ0) is 19.9. The van der Waals surface area contributed by atoms with E-state index in [0.717, 1.165) is 30.6 Å². The summed E-state index contributed by atoms with van der Waals surface area (Å²) in [5.41, 5.74) is 3.02. The van der Waals surface area contributed by atoms with Crippen molar-refractivity contribution in [2.24, 2.45) is 0 Å². The van der Waals surface area contributed by atoms with Gasteiger partial charge in [-0.3, -0.25) is 4.98 Å². The molecule has 7 heteroatoms. The number of anilines is 1. The number of hydrogen-bond acceptors (Lipinski definition) is 5. The molecule has 0 saturated carbocycles. The third-order valence-electron chi connectivity index (χ3n) is 4.95. The van der Waals surface area contributed by atoms with Crippen LogP contribution in [0.25, 0.3) is 11.3 Å². The highest BCUT2D eigenvalue weighted by atomic mass is 16.2. The molecule has 0 spiro atoms. The van der Waals surface area contributed by atoms with Crippen LogP contribution in [0.5, 0.6) is 0 Å². The molecule has 2 aromatic heterocycles. The van der Waals surface area contributed by atoms with Gasteiger partial charge in [0.05, 0.1) is 5.69 Å². The van der Waals surface area contributed by atoms with Crippen LogP contribution in [0.2, 0.25) is 0 Å². The van der Waals surface area contributed by atoms with Crippen LogP contribution in [0.15, 0.2) is 67.1 Å². The van der Waals surface area contributed by atoms with Gasteiger partial charge in [0.1, 0.15) is 0 Å². The zero-order valence-electron chi connectivity index (χ0n) is 16.2. The maximum atomic E-state index is 12.2. The Kier molecular flexibility index (Phi) is 5.95. The second-order valence-corrected chi connectivity index (χ2v) is 7.05. The smallest absolute Gasteiger partial charge is 0.315 e. The lowest BCUT2D eigenvalue weighted by atomic mass is 10.1. The minimum atomic E-state index is -0.127. The number of hydrogen-bond donors (Lipinski definition) is 2. The third kappa shape index (κ3) is 5.07. The molecule has 1 unspecified atom stereocenters. The summed E-state index contributed by atoms with van der Waals surface area (Å²) < 4.78 is 0. The topological polar surface area (TPSA) is 83.0 Å². The van der Waals surface area contributed by atoms with Crippen LogP contribution in [0.4, 0.5) is 10.7 Å². The molecule has 7 nitrogen and oxygen atoms in total. The highest BCUT2D eigenvalue weighted by molar-refractivity contribution is 5.74. The number of carbonyl (C=O) groups is 1. The van der Waals surface area contributed by atoms with Gasteiger partial charge >= 0.3 is 6.03 Å². The molecule has 0 aliphatic carbocycles. The molecule has 3 aromatic rings. The Balaban J connectivity index is 1.27. The fourth-order valence-corrected chi connectivity index (χ4v) is 3.44. The molecule has 0 radical (unpaired) electrons. The first-order valence-electron chi connectivity index (χ1n) is 9.84. The van der Waals surface area contributed by atoms with Gasteiger partial charge in [0.2, 0.25) is 5.95 Å². The second kappa shape index (κ2) is 9.14. The maximum Gasteiger partial charge on any atom is 0.315 e. The van der Waals surface area contributed by atoms with Crippen LogP contribution in [-0.4, -0.2) is 46.7 Å². The van der Waals surface area contributed by atoms with E-state index in [-0.39, 0.29) is 12.1 Å². The van der Waals surface area contributed by atoms with Gasteiger partial charge in [-0.1, -0.05) is 30.3 Å². The summed E-state index contributed by atoms with van der Waals surface area (Å²) in [5, 5.41) is 5.99. The van der Waals surface area contributed by atoms with Crippen molar-refractivity contribution in [3.63, 3.8) is 0 Å². The van der Waals surface area contributed by atoms with E-state index in [1.165, 1.54) is 5.56 Å². The van der Waals surface area contributed by atoms with Crippen molar-refractivity contribution in [3.05, 3.63) is 72.7 Å². The number of carbonyl (C=O) groups excluding carboxylic acids is 1. The number of rotatable bonds is 6. The fraction of sp³-hybridized carbons (Fsp3) is 0.273. The molecule has 1 fully saturated rings. The average molecular weight is 388 g/mol. The first-order chi connectivity index (χ1) is 14.3. The lowest BCUT2D eigenvalue weighted by Gasteiger charge is -2.17. The van der Waals surface area contributed by atoms with Crippen molar-refractivity contribution in [2.75, 3.05) is 24.5 Å². The lowest BCUT2D eigenvalue weighted by Crippen LogP contribution is -2.44. The Labute approximate surface area is 170 Å². The van der Waals surface area contributed by atoms with Crippen LogP contribution < -0.4 is 15.5 Å². The number of pyridine rings is 1. The number of nitrogens with zero attached hydrogens (tertiary/aromatic N) is 4. The van der Waals surface area contributed by atoms with Crippen LogP contribution >= 0.6 is 0 Å². The first kappa shape index (κ1) is 18.9. The van der Waals surface area contributed by atoms with E-state index in [4.69, 9.17) is 0 Å². The Bertz CT molecular complexity index is 934. The number of benzene rings is 1. The monoisotopic (exact) mass is 388 g/mol. The van der Waals surface area contributed by atoms with Gasteiger partial charge in [0.25, 0.3) is 0 Å². The normalized spacial score (nSPS) is 15.9. The van der Waals surface area contributed by atoms with E-state index in [1.807, 2.05) is 36.4 Å². The molecule has 148 valence electrons. The van der Waals surface area contributed by atoms with Crippen LogP contribution in [0.1, 0.15) is 12.0 Å². The van der Waals surface area contributed by atoms with E-state index < -0.39 is 0 Å². The van der Waals surface area contributed by atoms with Gasteiger partial charge in [-0.25, -0.2) is 14.8 Å². The quantitative estimate of drug-likeness (QED) is 0.678. The van der Waals surface area contributed by atoms with Crippen molar-refractivity contribution in [2.45, 2.75) is 18.9 Å². The molecule has 29 heavy (non-hydrogen) atoms. The molecular weight excluding hydrogens is 364 g/mol. The van der Waals surface area contributed by atoms with Crippen LogP contribution in [0.3, 0.4) is 0 Å². The third-order valence-corrected chi connectivity index (χ3v) is 4.95. The molecule has 1 aromatic carbocycles. The number of nitrogens with one attached hydrogen (secondary N) is 2. The Morgan fingerprint density at radius 3 is 2.83 bits per heavy atom. The minimum absolute atomic E-state index is 0.0809. The minimum Gasteiger partial charge on any atom is -0.339 e. The van der Waals surface area contributed by atoms with E-state index in [0.29, 0.717) is 19.0 Å². The van der Waals surface area contributed by atoms with Crippen molar-refractivity contribution in [3.8, 4) is 11.3 Å². The molecule has 1 saturated heterocycles. The largest absolute Gasteiger partial charge is 0.339 e. The highest BCUT2D eigenvalue weighted by Crippen LogP contribution is 2.20. The summed E-state index contributed by atoms with van der Waals surface area (Å²) in [6.45, 7) is 2.12. The van der Waals surface area contributed by atoms with Gasteiger partial charge in [0, 0.05) is 49.8 Å². The summed E-state index contributed by atoms with van der Waals surface area (Å²) in [6, 6.07) is 15.8. The van der Waals surface area contributed by atoms with E-state index in [2.05, 4.69) is 42.6 Å². The molecule has 3 heterocycles. The van der Waals surface area contributed by atoms with Gasteiger partial charge in [-0.15, -0.1) is 0 Å². The van der Waals surface area contributed by atoms with Gasteiger partial charge < -0.3 is 15.5 Å². The predicted molar refractivity (Wildman–Crippen MR) is 113 cm³/mol. The summed E-state index contributed by atoms with van der Waals surface area (Å²) in [4.78, 5) is 27.5. The summed E-state index contributed by atoms with van der Waals surface area (Å²) in [5.74, 6) is 0.681. The standard InChI is InChI=1S/C22H24N6O/c29-22(25-12-8-17-5-2-1-3-6-17)26-19-10-14-28(16-19)21-24-13-9-20(27-21)18-7-4-11-23-15-18/h1-7,9,11,13,15,19H,8,10,12,14,16H2,(H2,25,26,29). The molecule has 1 atom stereocenters. The Morgan fingerprint density at radius 1 is 1.10 bits per heavy atom. The van der Waals surface area contributed by atoms with Crippen molar-refractivity contribution >= 4 is 12.0 Å². The number of urea groups is 1. The average Bonchev–Trinajstić information content (AvgIpc) is 3.24.